The van der Waals surface area contributed by atoms with E-state index in [9.17, 15) is 18.7 Å². The molecule has 1 saturated carbocycles. The number of carboxylic acid groups (broad SMARTS) is 1. The zero-order valence-electron chi connectivity index (χ0n) is 17.2. The smallest absolute Gasteiger partial charge is 0.326 e. The van der Waals surface area contributed by atoms with E-state index in [0.717, 1.165) is 19.0 Å². The van der Waals surface area contributed by atoms with Crippen LogP contribution in [0.15, 0.2) is 53.4 Å². The first kappa shape index (κ1) is 20.7. The van der Waals surface area contributed by atoms with Gasteiger partial charge in [0.25, 0.3) is 0 Å². The average molecular weight is 452 g/mol. The van der Waals surface area contributed by atoms with Crippen molar-refractivity contribution in [3.8, 4) is 22.9 Å². The lowest BCUT2D eigenvalue weighted by Gasteiger charge is -2.14. The third kappa shape index (κ3) is 4.29. The summed E-state index contributed by atoms with van der Waals surface area (Å²) in [5.74, 6) is -2.43. The summed E-state index contributed by atoms with van der Waals surface area (Å²) < 4.78 is 35.1. The highest BCUT2D eigenvalue weighted by Crippen LogP contribution is 2.35. The molecule has 9 nitrogen and oxygen atoms in total. The zero-order chi connectivity index (χ0) is 22.9. The molecule has 1 aliphatic carbocycles. The van der Waals surface area contributed by atoms with Gasteiger partial charge in [0, 0.05) is 11.6 Å². The van der Waals surface area contributed by atoms with Crippen LogP contribution < -0.4 is 5.32 Å². The molecular weight excluding hydrogens is 434 g/mol. The number of carboxylic acids is 1. The molecule has 4 aromatic rings. The van der Waals surface area contributed by atoms with Crippen molar-refractivity contribution >= 4 is 11.8 Å². The zero-order valence-corrected chi connectivity index (χ0v) is 17.2. The second kappa shape index (κ2) is 8.41. The van der Waals surface area contributed by atoms with Crippen LogP contribution in [0.4, 0.5) is 14.6 Å². The van der Waals surface area contributed by atoms with E-state index in [0.29, 0.717) is 17.0 Å². The van der Waals surface area contributed by atoms with E-state index in [1.165, 1.54) is 17.0 Å². The fourth-order valence-electron chi connectivity index (χ4n) is 3.54. The van der Waals surface area contributed by atoms with Gasteiger partial charge in [0.05, 0.1) is 18.4 Å². The predicted octanol–water partition coefficient (Wildman–Crippen LogP) is 3.60. The molecule has 1 aliphatic rings. The van der Waals surface area contributed by atoms with E-state index in [2.05, 4.69) is 25.5 Å². The molecule has 0 unspecified atom stereocenters. The largest absolute Gasteiger partial charge is 0.480 e. The van der Waals surface area contributed by atoms with Gasteiger partial charge < -0.3 is 14.9 Å². The number of aliphatic carboxylic acids is 1. The molecule has 1 fully saturated rings. The summed E-state index contributed by atoms with van der Waals surface area (Å²) in [6, 6.07) is 8.64. The fraction of sp³-hybridized carbons (Fsp3) is 0.227. The van der Waals surface area contributed by atoms with Crippen LogP contribution >= 0.6 is 0 Å². The monoisotopic (exact) mass is 452 g/mol. The van der Waals surface area contributed by atoms with E-state index < -0.39 is 17.8 Å². The number of hydrogen-bond acceptors (Lipinski definition) is 7. The lowest BCUT2D eigenvalue weighted by molar-refractivity contribution is -0.138. The van der Waals surface area contributed by atoms with Crippen LogP contribution in [0, 0.1) is 17.6 Å². The molecule has 0 bridgehead atoms. The van der Waals surface area contributed by atoms with E-state index in [-0.39, 0.29) is 35.6 Å². The summed E-state index contributed by atoms with van der Waals surface area (Å²) in [5.41, 5.74) is 1.68. The second-order valence-corrected chi connectivity index (χ2v) is 7.74. The van der Waals surface area contributed by atoms with Crippen molar-refractivity contribution in [2.24, 2.45) is 5.92 Å². The van der Waals surface area contributed by atoms with Crippen molar-refractivity contribution in [1.82, 2.24) is 24.9 Å². The summed E-state index contributed by atoms with van der Waals surface area (Å²) in [6.07, 6.45) is 3.87. The summed E-state index contributed by atoms with van der Waals surface area (Å²) in [7, 11) is 0. The van der Waals surface area contributed by atoms with Crippen molar-refractivity contribution in [2.75, 3.05) is 5.32 Å². The maximum absolute atomic E-state index is 14.4. The van der Waals surface area contributed by atoms with Gasteiger partial charge in [-0.1, -0.05) is 23.4 Å². The molecular formula is C22H18F2N6O3. The molecule has 0 spiro atoms. The fourth-order valence-corrected chi connectivity index (χ4v) is 3.54. The Morgan fingerprint density at radius 1 is 1.21 bits per heavy atom. The number of halogens is 2. The second-order valence-electron chi connectivity index (χ2n) is 7.74. The van der Waals surface area contributed by atoms with Gasteiger partial charge in [-0.2, -0.15) is 5.10 Å². The molecule has 1 atom stereocenters. The summed E-state index contributed by atoms with van der Waals surface area (Å²) in [4.78, 5) is 19.7. The van der Waals surface area contributed by atoms with Gasteiger partial charge in [-0.25, -0.2) is 23.5 Å². The Morgan fingerprint density at radius 2 is 2.03 bits per heavy atom. The minimum Gasteiger partial charge on any atom is -0.480 e. The van der Waals surface area contributed by atoms with Gasteiger partial charge in [-0.3, -0.25) is 4.68 Å². The minimum absolute atomic E-state index is 0.0703. The van der Waals surface area contributed by atoms with E-state index >= 15 is 0 Å². The normalized spacial score (nSPS) is 14.2. The van der Waals surface area contributed by atoms with E-state index in [1.54, 1.807) is 30.3 Å². The number of nitrogens with one attached hydrogen (secondary N) is 1. The van der Waals surface area contributed by atoms with Gasteiger partial charge in [0.15, 0.2) is 17.5 Å². The summed E-state index contributed by atoms with van der Waals surface area (Å²) in [6.45, 7) is 0.101. The first-order valence-electron chi connectivity index (χ1n) is 10.2. The summed E-state index contributed by atoms with van der Waals surface area (Å²) >= 11 is 0. The Kier molecular flexibility index (Phi) is 5.29. The van der Waals surface area contributed by atoms with Crippen LogP contribution in [0.25, 0.3) is 22.9 Å². The standard InChI is InChI=1S/C22H18F2N6O3/c23-14-4-2-1-3-13(14)11-30-18(16-7-8-33-29-16)9-17(28-30)21-25-10-15(24)20(27-21)26-19(22(31)32)12-5-6-12/h1-4,7-10,12,19H,5-6,11H2,(H,31,32)(H,25,26,27)/t19-/m1/s1. The van der Waals surface area contributed by atoms with Crippen molar-refractivity contribution in [2.45, 2.75) is 25.4 Å². The first-order chi connectivity index (χ1) is 16.0. The molecule has 168 valence electrons. The molecule has 0 saturated heterocycles. The molecule has 0 aliphatic heterocycles. The molecule has 11 heteroatoms. The van der Waals surface area contributed by atoms with E-state index in [4.69, 9.17) is 4.52 Å². The Bertz CT molecular complexity index is 1300. The third-order valence-corrected chi connectivity index (χ3v) is 5.38. The predicted molar refractivity (Wildman–Crippen MR) is 112 cm³/mol. The highest BCUT2D eigenvalue weighted by Gasteiger charge is 2.37. The number of anilines is 1. The Hall–Kier alpha value is -4.15. The minimum atomic E-state index is -1.07. The Balaban J connectivity index is 1.51. The van der Waals surface area contributed by atoms with E-state index in [1.807, 2.05) is 0 Å². The van der Waals surface area contributed by atoms with Crippen molar-refractivity contribution in [3.05, 3.63) is 66.1 Å². The first-order valence-corrected chi connectivity index (χ1v) is 10.2. The molecule has 2 N–H and O–H groups in total. The number of carbonyl (C=O) groups is 1. The number of rotatable bonds is 8. The third-order valence-electron chi connectivity index (χ3n) is 5.38. The number of aromatic nitrogens is 5. The molecule has 0 amide bonds. The summed E-state index contributed by atoms with van der Waals surface area (Å²) in [5, 5.41) is 20.5. The molecule has 5 rings (SSSR count). The highest BCUT2D eigenvalue weighted by atomic mass is 19.1. The molecule has 3 aromatic heterocycles. The topological polar surface area (TPSA) is 119 Å². The quantitative estimate of drug-likeness (QED) is 0.416. The van der Waals surface area contributed by atoms with Crippen molar-refractivity contribution in [1.29, 1.82) is 0 Å². The maximum Gasteiger partial charge on any atom is 0.326 e. The number of benzene rings is 1. The van der Waals surface area contributed by atoms with Crippen LogP contribution in [-0.2, 0) is 11.3 Å². The van der Waals surface area contributed by atoms with Crippen LogP contribution in [-0.4, -0.2) is 42.0 Å². The van der Waals surface area contributed by atoms with Gasteiger partial charge >= 0.3 is 5.97 Å². The number of nitrogens with zero attached hydrogens (tertiary/aromatic N) is 5. The number of hydrogen-bond donors (Lipinski definition) is 2. The van der Waals surface area contributed by atoms with Crippen molar-refractivity contribution in [3.63, 3.8) is 0 Å². The van der Waals surface area contributed by atoms with Gasteiger partial charge in [-0.05, 0) is 30.9 Å². The maximum atomic E-state index is 14.4. The van der Waals surface area contributed by atoms with Crippen LogP contribution in [0.2, 0.25) is 0 Å². The van der Waals surface area contributed by atoms with Gasteiger partial charge in [0.2, 0.25) is 0 Å². The Morgan fingerprint density at radius 3 is 2.73 bits per heavy atom. The lowest BCUT2D eigenvalue weighted by Crippen LogP contribution is -2.32. The van der Waals surface area contributed by atoms with Crippen LogP contribution in [0.1, 0.15) is 18.4 Å². The Labute approximate surface area is 186 Å². The average Bonchev–Trinajstić information content (AvgIpc) is 3.31. The molecule has 3 heterocycles. The van der Waals surface area contributed by atoms with Crippen molar-refractivity contribution < 1.29 is 23.2 Å². The van der Waals surface area contributed by atoms with Gasteiger partial charge in [0.1, 0.15) is 29.5 Å². The van der Waals surface area contributed by atoms with Crippen LogP contribution in [0.5, 0.6) is 0 Å². The SMILES string of the molecule is O=C(O)[C@H](Nc1nc(-c2cc(-c3ccon3)n(Cc3ccccc3F)n2)ncc1F)C1CC1. The highest BCUT2D eigenvalue weighted by molar-refractivity contribution is 5.78. The molecule has 33 heavy (non-hydrogen) atoms. The lowest BCUT2D eigenvalue weighted by atomic mass is 10.2. The molecule has 1 aromatic carbocycles. The molecule has 0 radical (unpaired) electrons. The van der Waals surface area contributed by atoms with Crippen LogP contribution in [0.3, 0.4) is 0 Å². The van der Waals surface area contributed by atoms with Gasteiger partial charge in [-0.15, -0.1) is 0 Å².